The molecule has 0 aliphatic carbocycles. The van der Waals surface area contributed by atoms with Crippen molar-refractivity contribution in [3.05, 3.63) is 10.6 Å². The van der Waals surface area contributed by atoms with E-state index in [1.807, 2.05) is 6.92 Å². The number of aryl methyl sites for hydroxylation is 1. The summed E-state index contributed by atoms with van der Waals surface area (Å²) in [6.45, 7) is 6.16. The lowest BCUT2D eigenvalue weighted by molar-refractivity contribution is 0.122. The summed E-state index contributed by atoms with van der Waals surface area (Å²) >= 11 is 1.71. The number of hydrazine groups is 1. The second-order valence-electron chi connectivity index (χ2n) is 3.49. The SMILES string of the molecule is Cc1nc(N2CCOCC2)sc1CNN. The lowest BCUT2D eigenvalue weighted by Crippen LogP contribution is -2.36. The zero-order valence-corrected chi connectivity index (χ0v) is 9.64. The van der Waals surface area contributed by atoms with Crippen LogP contribution < -0.4 is 16.2 Å². The molecule has 1 aliphatic heterocycles. The lowest BCUT2D eigenvalue weighted by atomic mass is 10.4. The molecule has 1 aliphatic rings. The first-order chi connectivity index (χ1) is 7.31. The van der Waals surface area contributed by atoms with Crippen LogP contribution in [0.5, 0.6) is 0 Å². The van der Waals surface area contributed by atoms with Gasteiger partial charge in [-0.05, 0) is 6.92 Å². The average Bonchev–Trinajstić information content (AvgIpc) is 2.63. The molecule has 1 saturated heterocycles. The number of rotatable bonds is 3. The van der Waals surface area contributed by atoms with E-state index in [2.05, 4.69) is 15.3 Å². The summed E-state index contributed by atoms with van der Waals surface area (Å²) in [6, 6.07) is 0. The highest BCUT2D eigenvalue weighted by molar-refractivity contribution is 7.15. The smallest absolute Gasteiger partial charge is 0.185 e. The van der Waals surface area contributed by atoms with Gasteiger partial charge in [0.15, 0.2) is 5.13 Å². The van der Waals surface area contributed by atoms with E-state index in [9.17, 15) is 0 Å². The highest BCUT2D eigenvalue weighted by Crippen LogP contribution is 2.26. The summed E-state index contributed by atoms with van der Waals surface area (Å²) in [5.74, 6) is 5.31. The fourth-order valence-corrected chi connectivity index (χ4v) is 2.62. The number of nitrogens with two attached hydrogens (primary N) is 1. The van der Waals surface area contributed by atoms with Crippen LogP contribution in [0.2, 0.25) is 0 Å². The van der Waals surface area contributed by atoms with Crippen LogP contribution in [0.4, 0.5) is 5.13 Å². The van der Waals surface area contributed by atoms with Gasteiger partial charge in [0, 0.05) is 24.5 Å². The predicted molar refractivity (Wildman–Crippen MR) is 60.9 cm³/mol. The molecular weight excluding hydrogens is 212 g/mol. The number of thiazole rings is 1. The van der Waals surface area contributed by atoms with E-state index in [1.54, 1.807) is 11.3 Å². The number of aromatic nitrogens is 1. The normalized spacial score (nSPS) is 17.1. The molecule has 0 aromatic carbocycles. The van der Waals surface area contributed by atoms with Crippen LogP contribution in [0.3, 0.4) is 0 Å². The molecule has 5 nitrogen and oxygen atoms in total. The van der Waals surface area contributed by atoms with Crippen molar-refractivity contribution in [3.63, 3.8) is 0 Å². The maximum Gasteiger partial charge on any atom is 0.185 e. The summed E-state index contributed by atoms with van der Waals surface area (Å²) in [5.41, 5.74) is 3.74. The first kappa shape index (κ1) is 10.8. The van der Waals surface area contributed by atoms with Crippen molar-refractivity contribution < 1.29 is 4.74 Å². The maximum absolute atomic E-state index is 5.31. The van der Waals surface area contributed by atoms with Gasteiger partial charge in [-0.3, -0.25) is 11.3 Å². The lowest BCUT2D eigenvalue weighted by Gasteiger charge is -2.26. The number of morpholine rings is 1. The van der Waals surface area contributed by atoms with Crippen molar-refractivity contribution in [1.82, 2.24) is 10.4 Å². The van der Waals surface area contributed by atoms with Gasteiger partial charge in [0.2, 0.25) is 0 Å². The highest BCUT2D eigenvalue weighted by atomic mass is 32.1. The second kappa shape index (κ2) is 4.89. The molecule has 0 unspecified atom stereocenters. The van der Waals surface area contributed by atoms with Crippen molar-refractivity contribution in [1.29, 1.82) is 0 Å². The minimum atomic E-state index is 0.688. The number of nitrogens with zero attached hydrogens (tertiary/aromatic N) is 2. The van der Waals surface area contributed by atoms with Crippen LogP contribution in [-0.2, 0) is 11.3 Å². The van der Waals surface area contributed by atoms with E-state index in [0.29, 0.717) is 6.54 Å². The third-order valence-electron chi connectivity index (χ3n) is 2.43. The summed E-state index contributed by atoms with van der Waals surface area (Å²) in [5, 5.41) is 1.08. The molecule has 2 heterocycles. The van der Waals surface area contributed by atoms with Crippen LogP contribution in [-0.4, -0.2) is 31.3 Å². The number of anilines is 1. The Balaban J connectivity index is 2.10. The van der Waals surface area contributed by atoms with E-state index >= 15 is 0 Å². The zero-order valence-electron chi connectivity index (χ0n) is 8.82. The summed E-state index contributed by atoms with van der Waals surface area (Å²) in [4.78, 5) is 8.02. The van der Waals surface area contributed by atoms with Gasteiger partial charge < -0.3 is 9.64 Å². The molecule has 0 radical (unpaired) electrons. The quantitative estimate of drug-likeness (QED) is 0.573. The molecule has 84 valence electrons. The van der Waals surface area contributed by atoms with Gasteiger partial charge in [-0.2, -0.15) is 0 Å². The topological polar surface area (TPSA) is 63.4 Å². The van der Waals surface area contributed by atoms with Gasteiger partial charge >= 0.3 is 0 Å². The van der Waals surface area contributed by atoms with Gasteiger partial charge in [0.05, 0.1) is 18.9 Å². The van der Waals surface area contributed by atoms with Crippen molar-refractivity contribution in [2.24, 2.45) is 5.84 Å². The Morgan fingerprint density at radius 2 is 2.27 bits per heavy atom. The number of hydrogen-bond acceptors (Lipinski definition) is 6. The van der Waals surface area contributed by atoms with Gasteiger partial charge in [-0.15, -0.1) is 11.3 Å². The first-order valence-corrected chi connectivity index (χ1v) is 5.85. The molecule has 1 aromatic rings. The molecule has 6 heteroatoms. The molecule has 2 rings (SSSR count). The molecule has 0 atom stereocenters. The monoisotopic (exact) mass is 228 g/mol. The zero-order chi connectivity index (χ0) is 10.7. The van der Waals surface area contributed by atoms with Crippen LogP contribution in [0.25, 0.3) is 0 Å². The summed E-state index contributed by atoms with van der Waals surface area (Å²) in [6.07, 6.45) is 0. The summed E-state index contributed by atoms with van der Waals surface area (Å²) < 4.78 is 5.31. The Labute approximate surface area is 93.2 Å². The van der Waals surface area contributed by atoms with E-state index < -0.39 is 0 Å². The predicted octanol–water partition coefficient (Wildman–Crippen LogP) is 0.251. The van der Waals surface area contributed by atoms with Crippen molar-refractivity contribution in [2.75, 3.05) is 31.2 Å². The molecule has 0 bridgehead atoms. The van der Waals surface area contributed by atoms with Gasteiger partial charge in [0.25, 0.3) is 0 Å². The van der Waals surface area contributed by atoms with Crippen LogP contribution in [0, 0.1) is 6.92 Å². The number of nitrogens with one attached hydrogen (secondary N) is 1. The van der Waals surface area contributed by atoms with Gasteiger partial charge in [0.1, 0.15) is 0 Å². The number of ether oxygens (including phenoxy) is 1. The van der Waals surface area contributed by atoms with Crippen LogP contribution >= 0.6 is 11.3 Å². The molecular formula is C9H16N4OS. The van der Waals surface area contributed by atoms with Crippen LogP contribution in [0.1, 0.15) is 10.6 Å². The van der Waals surface area contributed by atoms with Gasteiger partial charge in [-0.1, -0.05) is 0 Å². The van der Waals surface area contributed by atoms with Crippen LogP contribution in [0.15, 0.2) is 0 Å². The standard InChI is InChI=1S/C9H16N4OS/c1-7-8(6-11-10)15-9(12-7)13-2-4-14-5-3-13/h11H,2-6,10H2,1H3. The molecule has 3 N–H and O–H groups in total. The van der Waals surface area contributed by atoms with Crippen molar-refractivity contribution >= 4 is 16.5 Å². The fraction of sp³-hybridized carbons (Fsp3) is 0.667. The van der Waals surface area contributed by atoms with Crippen molar-refractivity contribution in [3.8, 4) is 0 Å². The first-order valence-electron chi connectivity index (χ1n) is 5.03. The minimum Gasteiger partial charge on any atom is -0.378 e. The third kappa shape index (κ3) is 2.46. The molecule has 0 saturated carbocycles. The van der Waals surface area contributed by atoms with E-state index in [-0.39, 0.29) is 0 Å². The molecule has 0 amide bonds. The third-order valence-corrected chi connectivity index (χ3v) is 3.64. The van der Waals surface area contributed by atoms with E-state index in [0.717, 1.165) is 37.1 Å². The molecule has 1 fully saturated rings. The largest absolute Gasteiger partial charge is 0.378 e. The van der Waals surface area contributed by atoms with Crippen molar-refractivity contribution in [2.45, 2.75) is 13.5 Å². The Morgan fingerprint density at radius 1 is 1.53 bits per heavy atom. The Morgan fingerprint density at radius 3 is 2.93 bits per heavy atom. The fourth-order valence-electron chi connectivity index (χ4n) is 1.56. The Bertz CT molecular complexity index is 322. The van der Waals surface area contributed by atoms with E-state index in [1.165, 1.54) is 4.88 Å². The number of hydrogen-bond donors (Lipinski definition) is 2. The molecule has 0 spiro atoms. The minimum absolute atomic E-state index is 0.688. The average molecular weight is 228 g/mol. The Hall–Kier alpha value is -0.690. The molecule has 1 aromatic heterocycles. The maximum atomic E-state index is 5.31. The Kier molecular flexibility index (Phi) is 3.53. The highest BCUT2D eigenvalue weighted by Gasteiger charge is 2.16. The summed E-state index contributed by atoms with van der Waals surface area (Å²) in [7, 11) is 0. The van der Waals surface area contributed by atoms with Gasteiger partial charge in [-0.25, -0.2) is 4.98 Å². The molecule has 15 heavy (non-hydrogen) atoms. The second-order valence-corrected chi connectivity index (χ2v) is 4.55. The van der Waals surface area contributed by atoms with E-state index in [4.69, 9.17) is 10.6 Å².